The van der Waals surface area contributed by atoms with Crippen molar-refractivity contribution in [2.45, 2.75) is 13.1 Å². The number of pyridine rings is 1. The molecule has 0 saturated heterocycles. The molecule has 1 aromatic heterocycles. The minimum atomic E-state index is -4.94. The zero-order valence-electron chi connectivity index (χ0n) is 15.6. The van der Waals surface area contributed by atoms with Crippen LogP contribution in [0, 0.1) is 12.7 Å². The van der Waals surface area contributed by atoms with Gasteiger partial charge in [0.05, 0.1) is 5.69 Å². The first kappa shape index (κ1) is 21.7. The van der Waals surface area contributed by atoms with Crippen LogP contribution in [0.25, 0.3) is 11.5 Å². The maximum Gasteiger partial charge on any atom is 0.440 e. The third-order valence-electron chi connectivity index (χ3n) is 4.14. The standard InChI is InChI=1S/C22H15BrF4N2O/c1-14-10-12-29(13-11-14)19(20(30)15-2-4-16(23)5-3-15)21(22(25,26)27)28-18-8-6-17(24)7-9-18/h2-13H,1H3. The van der Waals surface area contributed by atoms with Crippen molar-refractivity contribution in [3.63, 3.8) is 0 Å². The van der Waals surface area contributed by atoms with Crippen molar-refractivity contribution in [3.8, 4) is 0 Å². The third-order valence-corrected chi connectivity index (χ3v) is 4.66. The number of benzene rings is 2. The van der Waals surface area contributed by atoms with Gasteiger partial charge in [-0.05, 0) is 60.2 Å². The van der Waals surface area contributed by atoms with Gasteiger partial charge in [-0.3, -0.25) is 0 Å². The molecule has 0 aliphatic carbocycles. The van der Waals surface area contributed by atoms with Crippen molar-refractivity contribution in [1.82, 2.24) is 0 Å². The van der Waals surface area contributed by atoms with Crippen LogP contribution in [0.15, 0.2) is 82.5 Å². The Morgan fingerprint density at radius 2 is 1.50 bits per heavy atom. The Morgan fingerprint density at radius 3 is 2.03 bits per heavy atom. The molecule has 30 heavy (non-hydrogen) atoms. The van der Waals surface area contributed by atoms with Gasteiger partial charge in [-0.1, -0.05) is 28.1 Å². The minimum absolute atomic E-state index is 0.0670. The smallest absolute Gasteiger partial charge is 0.440 e. The maximum absolute atomic E-state index is 14.0. The van der Waals surface area contributed by atoms with Crippen molar-refractivity contribution in [2.24, 2.45) is 4.99 Å². The van der Waals surface area contributed by atoms with Crippen molar-refractivity contribution in [1.29, 1.82) is 0 Å². The number of aryl methyl sites for hydroxylation is 1. The van der Waals surface area contributed by atoms with Crippen molar-refractivity contribution in [2.75, 3.05) is 0 Å². The summed E-state index contributed by atoms with van der Waals surface area (Å²) in [5.41, 5.74) is -1.29. The summed E-state index contributed by atoms with van der Waals surface area (Å²) < 4.78 is 57.1. The lowest BCUT2D eigenvalue weighted by Gasteiger charge is -2.18. The largest absolute Gasteiger partial charge is 0.868 e. The molecule has 0 aliphatic rings. The molecule has 0 N–H and O–H groups in total. The lowest BCUT2D eigenvalue weighted by Crippen LogP contribution is -2.43. The van der Waals surface area contributed by atoms with E-state index in [1.807, 2.05) is 0 Å². The Labute approximate surface area is 178 Å². The van der Waals surface area contributed by atoms with E-state index in [0.29, 0.717) is 4.47 Å². The minimum Gasteiger partial charge on any atom is -0.868 e. The summed E-state index contributed by atoms with van der Waals surface area (Å²) in [5, 5.41) is 13.2. The fraction of sp³-hybridized carbons (Fsp3) is 0.0909. The van der Waals surface area contributed by atoms with Crippen molar-refractivity contribution >= 4 is 38.8 Å². The number of aromatic nitrogens is 1. The second-order valence-corrected chi connectivity index (χ2v) is 7.32. The molecule has 3 nitrogen and oxygen atoms in total. The first-order chi connectivity index (χ1) is 14.1. The summed E-state index contributed by atoms with van der Waals surface area (Å²) >= 11 is 3.24. The first-order valence-corrected chi connectivity index (χ1v) is 9.52. The Kier molecular flexibility index (Phi) is 6.36. The molecule has 0 saturated carbocycles. The average Bonchev–Trinajstić information content (AvgIpc) is 2.70. The molecule has 0 atom stereocenters. The van der Waals surface area contributed by atoms with E-state index in [-0.39, 0.29) is 11.3 Å². The second-order valence-electron chi connectivity index (χ2n) is 6.40. The fourth-order valence-electron chi connectivity index (χ4n) is 2.63. The van der Waals surface area contributed by atoms with Crippen LogP contribution in [0.3, 0.4) is 0 Å². The van der Waals surface area contributed by atoms with Gasteiger partial charge < -0.3 is 5.11 Å². The van der Waals surface area contributed by atoms with Crippen LogP contribution in [-0.2, 0) is 0 Å². The SMILES string of the molecule is Cc1cc[n+](/C(C(=Nc2ccc(F)cc2)C(F)(F)F)=C(/[O-])c2ccc(Br)cc2)cc1. The molecule has 0 unspecified atom stereocenters. The van der Waals surface area contributed by atoms with Gasteiger partial charge in [0.25, 0.3) is 0 Å². The molecule has 1 heterocycles. The molecule has 0 fully saturated rings. The molecule has 0 radical (unpaired) electrons. The Bertz CT molecular complexity index is 1090. The molecule has 154 valence electrons. The lowest BCUT2D eigenvalue weighted by molar-refractivity contribution is -0.578. The van der Waals surface area contributed by atoms with Crippen molar-refractivity contribution in [3.05, 3.63) is 94.5 Å². The van der Waals surface area contributed by atoms with E-state index in [0.717, 1.165) is 34.4 Å². The number of allylic oxidation sites excluding steroid dienone is 1. The third kappa shape index (κ3) is 5.13. The highest BCUT2D eigenvalue weighted by Crippen LogP contribution is 2.29. The average molecular weight is 479 g/mol. The number of halogens is 5. The summed E-state index contributed by atoms with van der Waals surface area (Å²) in [6.45, 7) is 1.78. The van der Waals surface area contributed by atoms with E-state index >= 15 is 0 Å². The van der Waals surface area contributed by atoms with Gasteiger partial charge in [-0.2, -0.15) is 17.7 Å². The van der Waals surface area contributed by atoms with E-state index in [4.69, 9.17) is 0 Å². The van der Waals surface area contributed by atoms with Gasteiger partial charge in [0.1, 0.15) is 5.82 Å². The number of hydrogen-bond donors (Lipinski definition) is 0. The van der Waals surface area contributed by atoms with Crippen LogP contribution in [0.2, 0.25) is 0 Å². The summed E-state index contributed by atoms with van der Waals surface area (Å²) in [6, 6.07) is 13.4. The van der Waals surface area contributed by atoms with Crippen LogP contribution in [0.5, 0.6) is 0 Å². The zero-order valence-corrected chi connectivity index (χ0v) is 17.2. The quantitative estimate of drug-likeness (QED) is 0.219. The predicted molar refractivity (Wildman–Crippen MR) is 108 cm³/mol. The number of alkyl halides is 3. The first-order valence-electron chi connectivity index (χ1n) is 8.72. The molecular formula is C22H15BrF4N2O. The van der Waals surface area contributed by atoms with E-state index in [2.05, 4.69) is 20.9 Å². The molecule has 8 heteroatoms. The summed E-state index contributed by atoms with van der Waals surface area (Å²) in [7, 11) is 0. The summed E-state index contributed by atoms with van der Waals surface area (Å²) in [5.74, 6) is -1.46. The molecular weight excluding hydrogens is 464 g/mol. The Hall–Kier alpha value is -3.00. The Morgan fingerprint density at radius 1 is 0.933 bits per heavy atom. The second kappa shape index (κ2) is 8.79. The highest BCUT2D eigenvalue weighted by atomic mass is 79.9. The number of hydrogen-bond acceptors (Lipinski definition) is 2. The van der Waals surface area contributed by atoms with E-state index in [9.17, 15) is 22.7 Å². The lowest BCUT2D eigenvalue weighted by atomic mass is 10.1. The van der Waals surface area contributed by atoms with Crippen LogP contribution in [-0.4, -0.2) is 11.9 Å². The van der Waals surface area contributed by atoms with E-state index in [1.54, 1.807) is 31.2 Å². The molecule has 2 aromatic carbocycles. The highest BCUT2D eigenvalue weighted by Gasteiger charge is 2.43. The normalized spacial score (nSPS) is 13.2. The summed E-state index contributed by atoms with van der Waals surface area (Å²) in [4.78, 5) is 3.67. The van der Waals surface area contributed by atoms with E-state index in [1.165, 1.54) is 24.5 Å². The Balaban J connectivity index is 2.29. The van der Waals surface area contributed by atoms with Gasteiger partial charge >= 0.3 is 6.18 Å². The highest BCUT2D eigenvalue weighted by molar-refractivity contribution is 9.10. The molecule has 0 aliphatic heterocycles. The van der Waals surface area contributed by atoms with E-state index < -0.39 is 29.2 Å². The number of nitrogens with zero attached hydrogens (tertiary/aromatic N) is 2. The van der Waals surface area contributed by atoms with Gasteiger partial charge in [0, 0.05) is 16.6 Å². The predicted octanol–water partition coefficient (Wildman–Crippen LogP) is 5.21. The molecule has 0 amide bonds. The molecule has 3 aromatic rings. The topological polar surface area (TPSA) is 39.3 Å². The summed E-state index contributed by atoms with van der Waals surface area (Å²) in [6.07, 6.45) is -2.20. The maximum atomic E-state index is 14.0. The molecule has 3 rings (SSSR count). The molecule has 0 spiro atoms. The van der Waals surface area contributed by atoms with Crippen LogP contribution < -0.4 is 9.67 Å². The van der Waals surface area contributed by atoms with Crippen LogP contribution in [0.1, 0.15) is 11.1 Å². The van der Waals surface area contributed by atoms with Crippen molar-refractivity contribution < 1.29 is 27.2 Å². The van der Waals surface area contributed by atoms with Gasteiger partial charge in [-0.15, -0.1) is 0 Å². The van der Waals surface area contributed by atoms with Crippen LogP contribution in [0.4, 0.5) is 23.2 Å². The van der Waals surface area contributed by atoms with Gasteiger partial charge in [0.15, 0.2) is 12.4 Å². The monoisotopic (exact) mass is 478 g/mol. The van der Waals surface area contributed by atoms with Gasteiger partial charge in [0.2, 0.25) is 11.4 Å². The zero-order chi connectivity index (χ0) is 21.9. The molecule has 0 bridgehead atoms. The van der Waals surface area contributed by atoms with Gasteiger partial charge in [-0.25, -0.2) is 9.38 Å². The number of aliphatic imine (C=N–C) groups is 1. The fourth-order valence-corrected chi connectivity index (χ4v) is 2.89. The van der Waals surface area contributed by atoms with Crippen LogP contribution >= 0.6 is 15.9 Å². The number of rotatable bonds is 4.